The molecule has 6 atom stereocenters. The zero-order chi connectivity index (χ0) is 37.8. The van der Waals surface area contributed by atoms with Crippen LogP contribution in [0.5, 0.6) is 0 Å². The van der Waals surface area contributed by atoms with Gasteiger partial charge in [-0.2, -0.15) is 0 Å². The Morgan fingerprint density at radius 1 is 0.887 bits per heavy atom. The maximum absolute atomic E-state index is 14.2. The summed E-state index contributed by atoms with van der Waals surface area (Å²) in [6.45, 7) is 13.6. The smallest absolute Gasteiger partial charge is 0.465 e. The highest BCUT2D eigenvalue weighted by atomic mass is 16.7. The summed E-state index contributed by atoms with van der Waals surface area (Å²) < 4.78 is 19.4. The summed E-state index contributed by atoms with van der Waals surface area (Å²) in [4.78, 5) is 40.9. The van der Waals surface area contributed by atoms with Gasteiger partial charge < -0.3 is 19.4 Å². The first-order valence-corrected chi connectivity index (χ1v) is 20.9. The Labute approximate surface area is 319 Å². The molecule has 4 fully saturated rings. The van der Waals surface area contributed by atoms with E-state index >= 15 is 0 Å². The van der Waals surface area contributed by atoms with Crippen molar-refractivity contribution in [1.29, 1.82) is 0 Å². The number of fused-ring (bicyclic) bond motifs is 3. The monoisotopic (exact) mass is 725 g/mol. The van der Waals surface area contributed by atoms with Gasteiger partial charge in [-0.3, -0.25) is 14.4 Å². The number of carbonyl (C=O) groups excluding carboxylic acids is 3. The van der Waals surface area contributed by atoms with Crippen molar-refractivity contribution < 1.29 is 28.4 Å². The number of rotatable bonds is 20. The molecule has 288 valence electrons. The van der Waals surface area contributed by atoms with E-state index in [9.17, 15) is 14.4 Å². The molecule has 2 aromatic carbocycles. The molecule has 8 heteroatoms. The summed E-state index contributed by atoms with van der Waals surface area (Å²) in [5, 5.41) is 3.30. The molecule has 3 saturated carbocycles. The van der Waals surface area contributed by atoms with Gasteiger partial charge in [0.1, 0.15) is 12.4 Å². The lowest BCUT2D eigenvalue weighted by molar-refractivity contribution is -0.199. The topological polar surface area (TPSA) is 90.9 Å². The van der Waals surface area contributed by atoms with Crippen molar-refractivity contribution in [1.82, 2.24) is 5.32 Å². The van der Waals surface area contributed by atoms with E-state index in [1.807, 2.05) is 24.3 Å². The number of hydrogen-bond acceptors (Lipinski definition) is 6. The standard InChI is InChI=1S/C45H64BNO6/c1-7-8-9-10-11-12-13-18-33(48)26-31(23-24-42(49)51-29-38-36-21-16-14-19-34(36)35-20-15-17-22-37(35)38)43(50)47-41(25-30(2)3)46-52-40-28-32-27-39(44(32,4)5)45(40,6)53-46/h14-17,19-22,30-32,38-41H,7-13,18,23-29H2,1-6H3,(H,47,50)/t31-,32-,39-,40-,41+,45+/m1/s1. The molecule has 0 aromatic heterocycles. The lowest BCUT2D eigenvalue weighted by Crippen LogP contribution is -2.65. The molecule has 2 bridgehead atoms. The maximum Gasteiger partial charge on any atom is 0.481 e. The quantitative estimate of drug-likeness (QED) is 0.0831. The highest BCUT2D eigenvalue weighted by Crippen LogP contribution is 2.65. The maximum atomic E-state index is 14.2. The number of nitrogens with one attached hydrogen (secondary N) is 1. The van der Waals surface area contributed by atoms with Crippen LogP contribution in [0.15, 0.2) is 48.5 Å². The summed E-state index contributed by atoms with van der Waals surface area (Å²) in [7, 11) is -0.544. The number of carbonyl (C=O) groups is 3. The van der Waals surface area contributed by atoms with Crippen LogP contribution >= 0.6 is 0 Å². The number of amides is 1. The number of benzene rings is 2. The van der Waals surface area contributed by atoms with Crippen molar-refractivity contribution in [3.05, 3.63) is 59.7 Å². The summed E-state index contributed by atoms with van der Waals surface area (Å²) in [5.41, 5.74) is 4.54. The van der Waals surface area contributed by atoms with Crippen LogP contribution in [0.4, 0.5) is 0 Å². The van der Waals surface area contributed by atoms with Gasteiger partial charge in [-0.15, -0.1) is 0 Å². The van der Waals surface area contributed by atoms with E-state index in [0.29, 0.717) is 30.6 Å². The number of ketones is 1. The molecule has 5 aliphatic rings. The third kappa shape index (κ3) is 8.80. The molecule has 0 spiro atoms. The highest BCUT2D eigenvalue weighted by Gasteiger charge is 2.68. The van der Waals surface area contributed by atoms with E-state index in [2.05, 4.69) is 71.1 Å². The van der Waals surface area contributed by atoms with Crippen molar-refractivity contribution >= 4 is 24.8 Å². The van der Waals surface area contributed by atoms with Gasteiger partial charge in [-0.1, -0.05) is 122 Å². The molecular formula is C45H64BNO6. The Hall–Kier alpha value is -2.97. The van der Waals surface area contributed by atoms with Crippen molar-refractivity contribution in [2.45, 2.75) is 155 Å². The molecule has 1 amide bonds. The van der Waals surface area contributed by atoms with E-state index in [1.54, 1.807) is 0 Å². The minimum atomic E-state index is -0.631. The van der Waals surface area contributed by atoms with Gasteiger partial charge in [-0.25, -0.2) is 0 Å². The largest absolute Gasteiger partial charge is 0.481 e. The summed E-state index contributed by atoms with van der Waals surface area (Å²) in [6, 6.07) is 16.6. The molecule has 53 heavy (non-hydrogen) atoms. The van der Waals surface area contributed by atoms with Crippen LogP contribution in [0, 0.1) is 29.1 Å². The van der Waals surface area contributed by atoms with Crippen LogP contribution in [-0.2, 0) is 28.4 Å². The SMILES string of the molecule is CCCCCCCCCC(=O)C[C@@H](CCC(=O)OCC1c2ccccc2-c2ccccc21)C(=O)N[C@@H](CC(C)C)B1O[C@@H]2C[C@H]3C[C@H](C3(C)C)[C@]2(C)O1. The molecule has 4 aliphatic carbocycles. The summed E-state index contributed by atoms with van der Waals surface area (Å²) in [5.74, 6) is -0.111. The molecule has 2 aromatic rings. The molecule has 1 heterocycles. The number of esters is 1. The molecule has 1 N–H and O–H groups in total. The molecular weight excluding hydrogens is 661 g/mol. The van der Waals surface area contributed by atoms with Crippen LogP contribution < -0.4 is 5.32 Å². The predicted octanol–water partition coefficient (Wildman–Crippen LogP) is 9.64. The van der Waals surface area contributed by atoms with Crippen LogP contribution in [0.2, 0.25) is 0 Å². The third-order valence-electron chi connectivity index (χ3n) is 13.3. The molecule has 7 rings (SSSR count). The second-order valence-corrected chi connectivity index (χ2v) is 17.8. The normalized spacial score (nSPS) is 24.9. The number of ether oxygens (including phenoxy) is 1. The van der Waals surface area contributed by atoms with Gasteiger partial charge in [0, 0.05) is 31.1 Å². The molecule has 0 radical (unpaired) electrons. The average Bonchev–Trinajstić information content (AvgIpc) is 3.66. The van der Waals surface area contributed by atoms with Gasteiger partial charge >= 0.3 is 13.1 Å². The zero-order valence-corrected chi connectivity index (χ0v) is 33.3. The average molecular weight is 726 g/mol. The highest BCUT2D eigenvalue weighted by molar-refractivity contribution is 6.47. The fourth-order valence-electron chi connectivity index (χ4n) is 10.1. The second-order valence-electron chi connectivity index (χ2n) is 17.8. The Balaban J connectivity index is 1.09. The van der Waals surface area contributed by atoms with Crippen molar-refractivity contribution in [3.8, 4) is 11.1 Å². The van der Waals surface area contributed by atoms with E-state index in [0.717, 1.165) is 43.2 Å². The van der Waals surface area contributed by atoms with E-state index in [1.165, 1.54) is 36.8 Å². The van der Waals surface area contributed by atoms with Crippen LogP contribution in [0.25, 0.3) is 11.1 Å². The van der Waals surface area contributed by atoms with Gasteiger partial charge in [-0.05, 0) is 84.5 Å². The van der Waals surface area contributed by atoms with Gasteiger partial charge in [0.05, 0.1) is 17.6 Å². The molecule has 0 unspecified atom stereocenters. The predicted molar refractivity (Wildman–Crippen MR) is 211 cm³/mol. The fraction of sp³-hybridized carbons (Fsp3) is 0.667. The molecule has 7 nitrogen and oxygen atoms in total. The van der Waals surface area contributed by atoms with E-state index in [-0.39, 0.29) is 72.5 Å². The van der Waals surface area contributed by atoms with Crippen LogP contribution in [0.3, 0.4) is 0 Å². The second kappa shape index (κ2) is 17.2. The van der Waals surface area contributed by atoms with Crippen molar-refractivity contribution in [2.75, 3.05) is 6.61 Å². The molecule has 1 aliphatic heterocycles. The van der Waals surface area contributed by atoms with Crippen LogP contribution in [-0.4, -0.2) is 49.0 Å². The minimum absolute atomic E-state index is 0.0174. The van der Waals surface area contributed by atoms with Gasteiger partial charge in [0.2, 0.25) is 5.91 Å². The Morgan fingerprint density at radius 2 is 1.53 bits per heavy atom. The zero-order valence-electron chi connectivity index (χ0n) is 33.3. The number of unbranched alkanes of at least 4 members (excludes halogenated alkanes) is 6. The first-order chi connectivity index (χ1) is 25.4. The summed E-state index contributed by atoms with van der Waals surface area (Å²) >= 11 is 0. The molecule has 1 saturated heterocycles. The number of Topliss-reactive ketones (excluding diaryl/α,β-unsaturated/α-hetero) is 1. The Morgan fingerprint density at radius 3 is 2.17 bits per heavy atom. The van der Waals surface area contributed by atoms with Gasteiger partial charge in [0.25, 0.3) is 0 Å². The Kier molecular flexibility index (Phi) is 12.9. The number of hydrogen-bond donors (Lipinski definition) is 1. The van der Waals surface area contributed by atoms with Gasteiger partial charge in [0.15, 0.2) is 0 Å². The lowest BCUT2D eigenvalue weighted by atomic mass is 9.43. The first-order valence-electron chi connectivity index (χ1n) is 20.9. The van der Waals surface area contributed by atoms with E-state index < -0.39 is 13.0 Å². The fourth-order valence-corrected chi connectivity index (χ4v) is 10.1. The third-order valence-corrected chi connectivity index (χ3v) is 13.3. The lowest BCUT2D eigenvalue weighted by Gasteiger charge is -2.64. The Bertz CT molecular complexity index is 1540. The van der Waals surface area contributed by atoms with Crippen molar-refractivity contribution in [2.24, 2.45) is 29.1 Å². The van der Waals surface area contributed by atoms with Crippen LogP contribution in [0.1, 0.15) is 148 Å². The summed E-state index contributed by atoms with van der Waals surface area (Å²) in [6.07, 6.45) is 11.7. The first kappa shape index (κ1) is 39.7. The van der Waals surface area contributed by atoms with Crippen molar-refractivity contribution in [3.63, 3.8) is 0 Å². The minimum Gasteiger partial charge on any atom is -0.465 e. The van der Waals surface area contributed by atoms with E-state index in [4.69, 9.17) is 14.0 Å².